The van der Waals surface area contributed by atoms with Gasteiger partial charge in [0.2, 0.25) is 0 Å². The molecule has 0 bridgehead atoms. The Morgan fingerprint density at radius 3 is 1.58 bits per heavy atom. The quantitative estimate of drug-likeness (QED) is 0.405. The van der Waals surface area contributed by atoms with Crippen LogP contribution in [-0.4, -0.2) is 6.54 Å². The molecule has 0 fully saturated rings. The number of unbranched alkanes of at least 4 members (excludes halogenated alkanes) is 7. The number of nitrogens with two attached hydrogens (primary N) is 1. The first-order chi connectivity index (χ1) is 5.41. The van der Waals surface area contributed by atoms with E-state index in [1.54, 1.807) is 0 Å². The molecule has 1 nitrogen and oxygen atoms in total. The second-order valence-electron chi connectivity index (χ2n) is 3.12. The van der Waals surface area contributed by atoms with Crippen molar-refractivity contribution in [3.63, 3.8) is 0 Å². The van der Waals surface area contributed by atoms with Crippen molar-refractivity contribution < 1.29 is 22.4 Å². The zero-order valence-electron chi connectivity index (χ0n) is 7.95. The summed E-state index contributed by atoms with van der Waals surface area (Å²) in [4.78, 5) is 0. The van der Waals surface area contributed by atoms with E-state index in [-0.39, 0.29) is 22.4 Å². The van der Waals surface area contributed by atoms with Gasteiger partial charge in [0.25, 0.3) is 0 Å². The molecule has 0 aromatic carbocycles. The summed E-state index contributed by atoms with van der Waals surface area (Å²) < 4.78 is 0. The molecule has 0 aliphatic carbocycles. The Morgan fingerprint density at radius 1 is 0.750 bits per heavy atom. The minimum atomic E-state index is 0. The summed E-state index contributed by atoms with van der Waals surface area (Å²) >= 11 is 0. The van der Waals surface area contributed by atoms with Gasteiger partial charge in [-0.25, -0.2) is 0 Å². The fourth-order valence-corrected chi connectivity index (χ4v) is 1.20. The van der Waals surface area contributed by atoms with Crippen LogP contribution in [0.1, 0.15) is 51.4 Å². The van der Waals surface area contributed by atoms with E-state index in [4.69, 9.17) is 5.73 Å². The SMILES string of the molecule is [Au+].[CH2-]CCCCCCCCCN. The third-order valence-corrected chi connectivity index (χ3v) is 1.95. The summed E-state index contributed by atoms with van der Waals surface area (Å²) in [6, 6.07) is 0. The molecular formula is C10H22AuN. The van der Waals surface area contributed by atoms with Gasteiger partial charge in [0.1, 0.15) is 0 Å². The van der Waals surface area contributed by atoms with Crippen LogP contribution in [0.4, 0.5) is 0 Å². The molecule has 0 rings (SSSR count). The Kier molecular flexibility index (Phi) is 18.0. The summed E-state index contributed by atoms with van der Waals surface area (Å²) in [5.74, 6) is 0. The summed E-state index contributed by atoms with van der Waals surface area (Å²) in [6.07, 6.45) is 10.4. The average molecular weight is 353 g/mol. The number of hydrogen-bond donors (Lipinski definition) is 1. The molecule has 0 aliphatic heterocycles. The first-order valence-corrected chi connectivity index (χ1v) is 4.91. The molecule has 0 amide bonds. The van der Waals surface area contributed by atoms with Crippen molar-refractivity contribution in [3.05, 3.63) is 6.92 Å². The molecule has 2 N–H and O–H groups in total. The van der Waals surface area contributed by atoms with Gasteiger partial charge in [-0.1, -0.05) is 38.5 Å². The van der Waals surface area contributed by atoms with E-state index in [1.807, 2.05) is 0 Å². The van der Waals surface area contributed by atoms with Crippen molar-refractivity contribution in [2.24, 2.45) is 5.73 Å². The minimum absolute atomic E-state index is 0. The van der Waals surface area contributed by atoms with Gasteiger partial charge in [-0.2, -0.15) is 6.42 Å². The van der Waals surface area contributed by atoms with E-state index >= 15 is 0 Å². The fourth-order valence-electron chi connectivity index (χ4n) is 1.20. The van der Waals surface area contributed by atoms with Crippen LogP contribution in [0, 0.1) is 6.92 Å². The minimum Gasteiger partial charge on any atom is -0.343 e. The van der Waals surface area contributed by atoms with Crippen molar-refractivity contribution in [2.45, 2.75) is 51.4 Å². The summed E-state index contributed by atoms with van der Waals surface area (Å²) in [5.41, 5.74) is 5.38. The van der Waals surface area contributed by atoms with Gasteiger partial charge in [-0.15, -0.1) is 0 Å². The van der Waals surface area contributed by atoms with Crippen molar-refractivity contribution >= 4 is 0 Å². The molecule has 0 unspecified atom stereocenters. The van der Waals surface area contributed by atoms with Crippen molar-refractivity contribution in [2.75, 3.05) is 6.54 Å². The first kappa shape index (κ1) is 15.2. The molecule has 0 radical (unpaired) electrons. The van der Waals surface area contributed by atoms with Gasteiger partial charge >= 0.3 is 22.4 Å². The van der Waals surface area contributed by atoms with Gasteiger partial charge in [-0.05, 0) is 13.0 Å². The van der Waals surface area contributed by atoms with Crippen LogP contribution in [0.25, 0.3) is 0 Å². The van der Waals surface area contributed by atoms with E-state index in [9.17, 15) is 0 Å². The van der Waals surface area contributed by atoms with Crippen LogP contribution in [0.2, 0.25) is 0 Å². The molecule has 0 saturated carbocycles. The molecule has 0 saturated heterocycles. The Morgan fingerprint density at radius 2 is 1.17 bits per heavy atom. The predicted octanol–water partition coefficient (Wildman–Crippen LogP) is 2.90. The van der Waals surface area contributed by atoms with Gasteiger partial charge in [0, 0.05) is 0 Å². The van der Waals surface area contributed by atoms with Crippen molar-refractivity contribution in [3.8, 4) is 0 Å². The Balaban J connectivity index is 0. The average Bonchev–Trinajstić information content (AvgIpc) is 2.03. The molecular weight excluding hydrogens is 331 g/mol. The first-order valence-electron chi connectivity index (χ1n) is 4.91. The molecule has 0 aromatic rings. The van der Waals surface area contributed by atoms with Gasteiger partial charge in [0.15, 0.2) is 0 Å². The van der Waals surface area contributed by atoms with Gasteiger partial charge in [0.05, 0.1) is 0 Å². The Hall–Kier alpha value is 0.700. The molecule has 0 heterocycles. The van der Waals surface area contributed by atoms with E-state index in [0.717, 1.165) is 13.0 Å². The fraction of sp³-hybridized carbons (Fsp3) is 0.900. The van der Waals surface area contributed by atoms with E-state index in [2.05, 4.69) is 6.92 Å². The van der Waals surface area contributed by atoms with Crippen LogP contribution in [0.5, 0.6) is 0 Å². The van der Waals surface area contributed by atoms with Crippen molar-refractivity contribution in [1.82, 2.24) is 0 Å². The zero-order valence-corrected chi connectivity index (χ0v) is 10.1. The standard InChI is InChI=1S/C10H22N.Au/c1-2-3-4-5-6-7-8-9-10-11;/h1-11H2;/q-1;+1. The van der Waals surface area contributed by atoms with E-state index < -0.39 is 0 Å². The van der Waals surface area contributed by atoms with E-state index in [1.165, 1.54) is 44.9 Å². The molecule has 0 aliphatic rings. The Labute approximate surface area is 93.0 Å². The van der Waals surface area contributed by atoms with Crippen LogP contribution >= 0.6 is 0 Å². The van der Waals surface area contributed by atoms with Crippen LogP contribution in [0.15, 0.2) is 0 Å². The number of rotatable bonds is 8. The van der Waals surface area contributed by atoms with E-state index in [0.29, 0.717) is 0 Å². The van der Waals surface area contributed by atoms with Crippen LogP contribution in [-0.2, 0) is 22.4 Å². The molecule has 0 aromatic heterocycles. The summed E-state index contributed by atoms with van der Waals surface area (Å²) in [5, 5.41) is 0. The van der Waals surface area contributed by atoms with Crippen LogP contribution < -0.4 is 5.73 Å². The van der Waals surface area contributed by atoms with Crippen LogP contribution in [0.3, 0.4) is 0 Å². The molecule has 0 atom stereocenters. The second-order valence-corrected chi connectivity index (χ2v) is 3.12. The number of hydrogen-bond acceptors (Lipinski definition) is 1. The maximum absolute atomic E-state index is 5.38. The van der Waals surface area contributed by atoms with Crippen molar-refractivity contribution in [1.29, 1.82) is 0 Å². The molecule has 12 heavy (non-hydrogen) atoms. The smallest absolute Gasteiger partial charge is 0.343 e. The zero-order chi connectivity index (χ0) is 8.36. The molecule has 2 heteroatoms. The normalized spacial score (nSPS) is 9.50. The second kappa shape index (κ2) is 14.2. The van der Waals surface area contributed by atoms with Gasteiger partial charge < -0.3 is 12.7 Å². The molecule has 78 valence electrons. The topological polar surface area (TPSA) is 26.0 Å². The Bertz CT molecular complexity index is 58.9. The maximum Gasteiger partial charge on any atom is 1.00 e. The molecule has 0 spiro atoms. The predicted molar refractivity (Wildman–Crippen MR) is 51.3 cm³/mol. The maximum atomic E-state index is 5.38. The third kappa shape index (κ3) is 13.3. The monoisotopic (exact) mass is 353 g/mol. The third-order valence-electron chi connectivity index (χ3n) is 1.95. The summed E-state index contributed by atoms with van der Waals surface area (Å²) in [6.45, 7) is 4.68. The van der Waals surface area contributed by atoms with Gasteiger partial charge in [-0.3, -0.25) is 0 Å². The largest absolute Gasteiger partial charge is 1.00 e. The summed E-state index contributed by atoms with van der Waals surface area (Å²) in [7, 11) is 0.